The van der Waals surface area contributed by atoms with Crippen LogP contribution in [0.25, 0.3) is 11.3 Å². The summed E-state index contributed by atoms with van der Waals surface area (Å²) in [5, 5.41) is 9.07. The molecule has 0 spiro atoms. The highest BCUT2D eigenvalue weighted by atomic mass is 35.5. The first-order valence-electron chi connectivity index (χ1n) is 5.19. The van der Waals surface area contributed by atoms with Crippen LogP contribution < -0.4 is 0 Å². The van der Waals surface area contributed by atoms with E-state index < -0.39 is 11.8 Å². The molecule has 0 aliphatic carbocycles. The minimum atomic E-state index is -0.975. The molecule has 0 unspecified atom stereocenters. The van der Waals surface area contributed by atoms with E-state index in [-0.39, 0.29) is 11.6 Å². The van der Waals surface area contributed by atoms with Gasteiger partial charge in [0.25, 0.3) is 0 Å². The van der Waals surface area contributed by atoms with E-state index in [0.717, 1.165) is 0 Å². The summed E-state index contributed by atoms with van der Waals surface area (Å²) in [6.07, 6.45) is -0.185. The number of halogens is 2. The average molecular weight is 266 g/mol. The van der Waals surface area contributed by atoms with Gasteiger partial charge in [0.2, 0.25) is 0 Å². The Balaban J connectivity index is 2.54. The van der Waals surface area contributed by atoms with Crippen LogP contribution in [0.4, 0.5) is 4.39 Å². The molecule has 2 rings (SSSR count). The lowest BCUT2D eigenvalue weighted by atomic mass is 10.0. The molecule has 1 aromatic carbocycles. The molecule has 0 bridgehead atoms. The highest BCUT2D eigenvalue weighted by Gasteiger charge is 2.11. The first-order chi connectivity index (χ1) is 8.56. The molecule has 0 amide bonds. The number of hydrogen-bond acceptors (Lipinski definition) is 2. The third-order valence-electron chi connectivity index (χ3n) is 2.38. The Bertz CT molecular complexity index is 601. The number of carboxylic acids is 1. The van der Waals surface area contributed by atoms with Crippen LogP contribution in [-0.4, -0.2) is 16.1 Å². The van der Waals surface area contributed by atoms with E-state index in [1.54, 1.807) is 12.1 Å². The second-order valence-electron chi connectivity index (χ2n) is 3.72. The lowest BCUT2D eigenvalue weighted by Crippen LogP contribution is -2.03. The molecule has 0 saturated heterocycles. The van der Waals surface area contributed by atoms with Crippen molar-refractivity contribution in [3.05, 3.63) is 52.9 Å². The molecule has 1 N–H and O–H groups in total. The van der Waals surface area contributed by atoms with Crippen LogP contribution in [-0.2, 0) is 11.2 Å². The first-order valence-corrected chi connectivity index (χ1v) is 5.57. The predicted octanol–water partition coefficient (Wildman–Crippen LogP) is 3.17. The van der Waals surface area contributed by atoms with Gasteiger partial charge in [-0.3, -0.25) is 4.79 Å². The average Bonchev–Trinajstić information content (AvgIpc) is 2.31. The fraction of sp³-hybridized carbons (Fsp3) is 0.0769. The summed E-state index contributed by atoms with van der Waals surface area (Å²) in [7, 11) is 0. The maximum absolute atomic E-state index is 13.2. The molecule has 0 aliphatic rings. The Morgan fingerprint density at radius 2 is 2.11 bits per heavy atom. The van der Waals surface area contributed by atoms with Crippen molar-refractivity contribution in [3.63, 3.8) is 0 Å². The van der Waals surface area contributed by atoms with Gasteiger partial charge < -0.3 is 5.11 Å². The van der Waals surface area contributed by atoms with E-state index in [9.17, 15) is 9.18 Å². The number of pyridine rings is 1. The zero-order chi connectivity index (χ0) is 13.1. The summed E-state index contributed by atoms with van der Waals surface area (Å²) in [5.74, 6) is -1.38. The van der Waals surface area contributed by atoms with Crippen LogP contribution in [0.1, 0.15) is 5.56 Å². The lowest BCUT2D eigenvalue weighted by Gasteiger charge is -2.07. The number of carboxylic acid groups (broad SMARTS) is 1. The van der Waals surface area contributed by atoms with E-state index in [1.165, 1.54) is 24.3 Å². The number of aliphatic carboxylic acids is 1. The van der Waals surface area contributed by atoms with Gasteiger partial charge in [-0.15, -0.1) is 0 Å². The van der Waals surface area contributed by atoms with Crippen molar-refractivity contribution in [1.82, 2.24) is 4.98 Å². The molecular formula is C13H9ClFNO2. The molecule has 92 valence electrons. The SMILES string of the molecule is O=C(O)Cc1ccc(Cl)nc1-c1cccc(F)c1. The van der Waals surface area contributed by atoms with Gasteiger partial charge in [0.05, 0.1) is 12.1 Å². The third-order valence-corrected chi connectivity index (χ3v) is 2.60. The zero-order valence-electron chi connectivity index (χ0n) is 9.23. The number of carbonyl (C=O) groups is 1. The minimum absolute atomic E-state index is 0.185. The third kappa shape index (κ3) is 2.84. The van der Waals surface area contributed by atoms with Gasteiger partial charge in [-0.05, 0) is 23.8 Å². The second kappa shape index (κ2) is 5.14. The Kier molecular flexibility index (Phi) is 3.58. The van der Waals surface area contributed by atoms with Crippen molar-refractivity contribution < 1.29 is 14.3 Å². The molecule has 0 fully saturated rings. The summed E-state index contributed by atoms with van der Waals surface area (Å²) in [6, 6.07) is 8.91. The van der Waals surface area contributed by atoms with E-state index in [2.05, 4.69) is 4.98 Å². The van der Waals surface area contributed by atoms with E-state index >= 15 is 0 Å². The minimum Gasteiger partial charge on any atom is -0.481 e. The summed E-state index contributed by atoms with van der Waals surface area (Å²) < 4.78 is 13.2. The molecule has 1 aromatic heterocycles. The molecule has 18 heavy (non-hydrogen) atoms. The molecule has 1 heterocycles. The largest absolute Gasteiger partial charge is 0.481 e. The number of rotatable bonds is 3. The maximum Gasteiger partial charge on any atom is 0.307 e. The molecule has 2 aromatic rings. The van der Waals surface area contributed by atoms with Crippen LogP contribution in [0.5, 0.6) is 0 Å². The fourth-order valence-electron chi connectivity index (χ4n) is 1.66. The number of aromatic nitrogens is 1. The molecule has 0 saturated carbocycles. The predicted molar refractivity (Wildman–Crippen MR) is 66.0 cm³/mol. The summed E-state index contributed by atoms with van der Waals surface area (Å²) in [4.78, 5) is 14.8. The molecule has 3 nitrogen and oxygen atoms in total. The Morgan fingerprint density at radius 3 is 2.78 bits per heavy atom. The van der Waals surface area contributed by atoms with Crippen molar-refractivity contribution in [2.45, 2.75) is 6.42 Å². The zero-order valence-corrected chi connectivity index (χ0v) is 9.99. The van der Waals surface area contributed by atoms with Crippen LogP contribution in [0.2, 0.25) is 5.15 Å². The van der Waals surface area contributed by atoms with E-state index in [4.69, 9.17) is 16.7 Å². The Labute approximate surface area is 108 Å². The second-order valence-corrected chi connectivity index (χ2v) is 4.11. The highest BCUT2D eigenvalue weighted by Crippen LogP contribution is 2.24. The summed E-state index contributed by atoms with van der Waals surface area (Å²) in [5.41, 5.74) is 1.40. The number of hydrogen-bond donors (Lipinski definition) is 1. The summed E-state index contributed by atoms with van der Waals surface area (Å²) in [6.45, 7) is 0. The quantitative estimate of drug-likeness (QED) is 0.867. The van der Waals surface area contributed by atoms with Gasteiger partial charge in [-0.1, -0.05) is 29.8 Å². The van der Waals surface area contributed by atoms with Crippen molar-refractivity contribution in [2.75, 3.05) is 0 Å². The van der Waals surface area contributed by atoms with Gasteiger partial charge in [-0.2, -0.15) is 0 Å². The van der Waals surface area contributed by atoms with E-state index in [0.29, 0.717) is 16.8 Å². The highest BCUT2D eigenvalue weighted by molar-refractivity contribution is 6.29. The Hall–Kier alpha value is -1.94. The molecule has 0 aliphatic heterocycles. The normalized spacial score (nSPS) is 10.3. The van der Waals surface area contributed by atoms with Crippen molar-refractivity contribution >= 4 is 17.6 Å². The van der Waals surface area contributed by atoms with Gasteiger partial charge in [0.1, 0.15) is 11.0 Å². The monoisotopic (exact) mass is 265 g/mol. The van der Waals surface area contributed by atoms with Gasteiger partial charge in [0, 0.05) is 5.56 Å². The van der Waals surface area contributed by atoms with Gasteiger partial charge in [0.15, 0.2) is 0 Å². The van der Waals surface area contributed by atoms with Crippen molar-refractivity contribution in [2.24, 2.45) is 0 Å². The molecule has 0 radical (unpaired) electrons. The van der Waals surface area contributed by atoms with Gasteiger partial charge in [-0.25, -0.2) is 9.37 Å². The van der Waals surface area contributed by atoms with Crippen molar-refractivity contribution in [3.8, 4) is 11.3 Å². The van der Waals surface area contributed by atoms with Crippen molar-refractivity contribution in [1.29, 1.82) is 0 Å². The van der Waals surface area contributed by atoms with Crippen LogP contribution >= 0.6 is 11.6 Å². The Morgan fingerprint density at radius 1 is 1.33 bits per heavy atom. The number of nitrogens with zero attached hydrogens (tertiary/aromatic N) is 1. The maximum atomic E-state index is 13.2. The standard InChI is InChI=1S/C13H9ClFNO2/c14-11-5-4-9(7-12(17)18)13(16-11)8-2-1-3-10(15)6-8/h1-6H,7H2,(H,17,18). The molecule has 0 atom stereocenters. The number of benzene rings is 1. The lowest BCUT2D eigenvalue weighted by molar-refractivity contribution is -0.136. The topological polar surface area (TPSA) is 50.2 Å². The van der Waals surface area contributed by atoms with Crippen LogP contribution in [0.15, 0.2) is 36.4 Å². The molecular weight excluding hydrogens is 257 g/mol. The van der Waals surface area contributed by atoms with Crippen LogP contribution in [0, 0.1) is 5.82 Å². The first kappa shape index (κ1) is 12.5. The van der Waals surface area contributed by atoms with E-state index in [1.807, 2.05) is 0 Å². The smallest absolute Gasteiger partial charge is 0.307 e. The molecule has 5 heteroatoms. The fourth-order valence-corrected chi connectivity index (χ4v) is 1.80. The van der Waals surface area contributed by atoms with Gasteiger partial charge >= 0.3 is 5.97 Å². The summed E-state index contributed by atoms with van der Waals surface area (Å²) >= 11 is 5.79. The van der Waals surface area contributed by atoms with Crippen LogP contribution in [0.3, 0.4) is 0 Å².